The van der Waals surface area contributed by atoms with Gasteiger partial charge < -0.3 is 58.7 Å². The second-order valence-corrected chi connectivity index (χ2v) is 16.3. The summed E-state index contributed by atoms with van der Waals surface area (Å²) in [6, 6.07) is 17.3. The number of H-pyrrole nitrogens is 3. The van der Waals surface area contributed by atoms with Gasteiger partial charge in [0.15, 0.2) is 0 Å². The molecular weight excluding hydrogens is 829 g/mol. The average molecular weight is 887 g/mol. The van der Waals surface area contributed by atoms with Crippen molar-refractivity contribution in [3.05, 3.63) is 126 Å². The first-order valence-corrected chi connectivity index (χ1v) is 21.7. The number of aromatic nitrogens is 4. The number of nitrogens with two attached hydrogens (primary N) is 3. The maximum absolute atomic E-state index is 14.5. The van der Waals surface area contributed by atoms with Crippen LogP contribution in [0.3, 0.4) is 0 Å². The Morgan fingerprint density at radius 1 is 0.646 bits per heavy atom. The van der Waals surface area contributed by atoms with Crippen molar-refractivity contribution in [2.24, 2.45) is 17.2 Å². The second kappa shape index (κ2) is 22.4. The van der Waals surface area contributed by atoms with Crippen LogP contribution in [0.1, 0.15) is 54.3 Å². The summed E-state index contributed by atoms with van der Waals surface area (Å²) in [5.74, 6) is -4.01. The highest BCUT2D eigenvalue weighted by molar-refractivity contribution is 5.97. The van der Waals surface area contributed by atoms with Crippen molar-refractivity contribution in [2.75, 3.05) is 6.54 Å². The minimum Gasteiger partial charge on any atom is -0.368 e. The van der Waals surface area contributed by atoms with Gasteiger partial charge in [-0.1, -0.05) is 66.7 Å². The van der Waals surface area contributed by atoms with E-state index < -0.39 is 71.7 Å². The number of hydrogen-bond donors (Lipinski definition) is 11. The molecule has 0 fully saturated rings. The Bertz CT molecular complexity index is 2570. The number of benzene rings is 3. The molecule has 0 radical (unpaired) electrons. The van der Waals surface area contributed by atoms with E-state index >= 15 is 0 Å². The van der Waals surface area contributed by atoms with Crippen LogP contribution in [0, 0.1) is 6.92 Å². The largest absolute Gasteiger partial charge is 0.368 e. The van der Waals surface area contributed by atoms with Crippen LogP contribution in [-0.4, -0.2) is 98.2 Å². The number of fused-ring (bicyclic) bond motifs is 2. The topological polar surface area (TPSA) is 301 Å². The monoisotopic (exact) mass is 886 g/mol. The first kappa shape index (κ1) is 47.2. The molecule has 14 N–H and O–H groups in total. The number of primary amides is 1. The minimum absolute atomic E-state index is 0.00231. The SMILES string of the molecule is Cc1[nH]c2ccccc2c1C[C@@H](NC(=O)[C@@H](N)Cc1cnc[nH]1)C(=O)N[C@@H](C)C(=O)N[C@@H](Cc1c[nH]c2ccccc12)C(=O)N[C@H](Cc1ccccc1)C(=O)N[C@H](CCCCN)C(N)=O. The Labute approximate surface area is 376 Å². The van der Waals surface area contributed by atoms with E-state index in [1.165, 1.54) is 13.3 Å². The molecule has 6 rings (SSSR count). The second-order valence-electron chi connectivity index (χ2n) is 16.3. The summed E-state index contributed by atoms with van der Waals surface area (Å²) in [5, 5.41) is 15.6. The van der Waals surface area contributed by atoms with Crippen molar-refractivity contribution in [3.8, 4) is 0 Å². The van der Waals surface area contributed by atoms with E-state index in [1.807, 2.05) is 61.5 Å². The molecule has 0 aliphatic carbocycles. The van der Waals surface area contributed by atoms with Crippen molar-refractivity contribution >= 4 is 57.2 Å². The number of carbonyl (C=O) groups excluding carboxylic acids is 6. The number of aromatic amines is 3. The molecule has 0 saturated heterocycles. The quantitative estimate of drug-likeness (QED) is 0.0413. The highest BCUT2D eigenvalue weighted by atomic mass is 16.2. The number of nitrogens with zero attached hydrogens (tertiary/aromatic N) is 1. The Kier molecular flexibility index (Phi) is 16.2. The van der Waals surface area contributed by atoms with Crippen molar-refractivity contribution in [2.45, 2.75) is 95.0 Å². The summed E-state index contributed by atoms with van der Waals surface area (Å²) < 4.78 is 0. The van der Waals surface area contributed by atoms with Crippen molar-refractivity contribution in [1.29, 1.82) is 0 Å². The van der Waals surface area contributed by atoms with E-state index in [0.29, 0.717) is 30.6 Å². The van der Waals surface area contributed by atoms with Gasteiger partial charge in [0.05, 0.1) is 12.4 Å². The number of aryl methyl sites for hydroxylation is 1. The summed E-state index contributed by atoms with van der Waals surface area (Å²) in [6.07, 6.45) is 6.47. The molecule has 342 valence electrons. The minimum atomic E-state index is -1.26. The summed E-state index contributed by atoms with van der Waals surface area (Å²) in [7, 11) is 0. The fourth-order valence-corrected chi connectivity index (χ4v) is 7.80. The summed E-state index contributed by atoms with van der Waals surface area (Å²) in [4.78, 5) is 96.1. The third kappa shape index (κ3) is 12.7. The van der Waals surface area contributed by atoms with E-state index in [4.69, 9.17) is 17.2 Å². The molecule has 0 aliphatic heterocycles. The molecule has 0 aliphatic rings. The predicted molar refractivity (Wildman–Crippen MR) is 247 cm³/mol. The van der Waals surface area contributed by atoms with Crippen LogP contribution in [-0.2, 0) is 54.5 Å². The predicted octanol–water partition coefficient (Wildman–Crippen LogP) is 1.34. The van der Waals surface area contributed by atoms with Crippen LogP contribution in [0.5, 0.6) is 0 Å². The van der Waals surface area contributed by atoms with Gasteiger partial charge in [-0.25, -0.2) is 4.98 Å². The molecule has 0 saturated carbocycles. The molecule has 3 heterocycles. The Hall–Kier alpha value is -7.31. The number of unbranched alkanes of at least 4 members (excludes halogenated alkanes) is 1. The van der Waals surface area contributed by atoms with Gasteiger partial charge in [0.1, 0.15) is 30.2 Å². The lowest BCUT2D eigenvalue weighted by Gasteiger charge is -2.26. The van der Waals surface area contributed by atoms with Gasteiger partial charge >= 0.3 is 0 Å². The average Bonchev–Trinajstić information content (AvgIpc) is 4.04. The van der Waals surface area contributed by atoms with Crippen LogP contribution in [0.15, 0.2) is 97.6 Å². The van der Waals surface area contributed by atoms with E-state index in [0.717, 1.165) is 38.6 Å². The Morgan fingerprint density at radius 2 is 1.25 bits per heavy atom. The number of para-hydroxylation sites is 2. The zero-order chi connectivity index (χ0) is 46.5. The highest BCUT2D eigenvalue weighted by Gasteiger charge is 2.33. The van der Waals surface area contributed by atoms with Gasteiger partial charge in [-0.3, -0.25) is 28.8 Å². The maximum atomic E-state index is 14.5. The van der Waals surface area contributed by atoms with Crippen LogP contribution in [0.25, 0.3) is 21.8 Å². The van der Waals surface area contributed by atoms with E-state index in [-0.39, 0.29) is 32.1 Å². The Balaban J connectivity index is 1.23. The van der Waals surface area contributed by atoms with Crippen LogP contribution in [0.4, 0.5) is 0 Å². The number of hydrogen-bond acceptors (Lipinski definition) is 9. The lowest BCUT2D eigenvalue weighted by Crippen LogP contribution is -2.59. The normalized spacial score (nSPS) is 14.1. The summed E-state index contributed by atoms with van der Waals surface area (Å²) in [6.45, 7) is 3.74. The van der Waals surface area contributed by atoms with Crippen LogP contribution >= 0.6 is 0 Å². The smallest absolute Gasteiger partial charge is 0.243 e. The Morgan fingerprint density at radius 3 is 1.94 bits per heavy atom. The zero-order valence-electron chi connectivity index (χ0n) is 36.5. The third-order valence-electron chi connectivity index (χ3n) is 11.4. The molecule has 6 amide bonds. The number of nitrogens with one attached hydrogen (secondary N) is 8. The molecule has 0 bridgehead atoms. The van der Waals surface area contributed by atoms with Gasteiger partial charge in [-0.2, -0.15) is 0 Å². The lowest BCUT2D eigenvalue weighted by molar-refractivity contribution is -0.134. The van der Waals surface area contributed by atoms with Crippen molar-refractivity contribution < 1.29 is 28.8 Å². The lowest BCUT2D eigenvalue weighted by atomic mass is 10.0. The number of rotatable bonds is 23. The molecule has 0 unspecified atom stereocenters. The molecular formula is C47H58N12O6. The van der Waals surface area contributed by atoms with E-state index in [1.54, 1.807) is 36.7 Å². The first-order valence-electron chi connectivity index (χ1n) is 21.7. The van der Waals surface area contributed by atoms with Gasteiger partial charge in [0, 0.05) is 71.3 Å². The van der Waals surface area contributed by atoms with Crippen LogP contribution in [0.2, 0.25) is 0 Å². The molecule has 18 heteroatoms. The highest BCUT2D eigenvalue weighted by Crippen LogP contribution is 2.24. The van der Waals surface area contributed by atoms with E-state index in [9.17, 15) is 28.8 Å². The molecule has 3 aromatic carbocycles. The number of amides is 6. The summed E-state index contributed by atoms with van der Waals surface area (Å²) in [5.41, 5.74) is 22.9. The molecule has 65 heavy (non-hydrogen) atoms. The maximum Gasteiger partial charge on any atom is 0.243 e. The molecule has 6 atom stereocenters. The van der Waals surface area contributed by atoms with Gasteiger partial charge in [-0.05, 0) is 68.5 Å². The molecule has 0 spiro atoms. The number of carbonyl (C=O) groups is 6. The molecule has 3 aromatic heterocycles. The first-order chi connectivity index (χ1) is 31.3. The third-order valence-corrected chi connectivity index (χ3v) is 11.4. The fourth-order valence-electron chi connectivity index (χ4n) is 7.80. The zero-order valence-corrected chi connectivity index (χ0v) is 36.5. The van der Waals surface area contributed by atoms with E-state index in [2.05, 4.69) is 46.5 Å². The van der Waals surface area contributed by atoms with Gasteiger partial charge in [0.25, 0.3) is 0 Å². The van der Waals surface area contributed by atoms with Crippen molar-refractivity contribution in [3.63, 3.8) is 0 Å². The molecule has 6 aromatic rings. The summed E-state index contributed by atoms with van der Waals surface area (Å²) >= 11 is 0. The molecule has 18 nitrogen and oxygen atoms in total. The van der Waals surface area contributed by atoms with Crippen LogP contribution < -0.4 is 43.8 Å². The fraction of sp³-hybridized carbons (Fsp3) is 0.340. The van der Waals surface area contributed by atoms with Gasteiger partial charge in [-0.15, -0.1) is 0 Å². The standard InChI is InChI=1S/C47H58N12O6/c1-27-34(33-15-7-9-17-37(33)54-27)23-41(58-44(62)35(49)22-31-25-51-26-53-31)45(63)55-28(2)43(61)57-40(21-30-24-52-36-16-8-6-14-32(30)36)47(65)59-39(20-29-12-4-3-5-13-29)46(64)56-38(42(50)60)18-10-11-19-48/h3-9,12-17,24-26,28,35,38-41,52,54H,10-11,18-23,48-49H2,1-2H3,(H2,50,60)(H,51,53)(H,55,63)(H,56,64)(H,57,61)(H,58,62)(H,59,65)/t28-,35-,38+,39+,40-,41+/m0/s1. The van der Waals surface area contributed by atoms with Gasteiger partial charge in [0.2, 0.25) is 35.4 Å². The number of imidazole rings is 1. The van der Waals surface area contributed by atoms with Crippen molar-refractivity contribution in [1.82, 2.24) is 46.5 Å².